The number of para-hydroxylation sites is 1. The zero-order valence-electron chi connectivity index (χ0n) is 15.6. The predicted octanol–water partition coefficient (Wildman–Crippen LogP) is 3.72. The molecule has 1 aromatic heterocycles. The van der Waals surface area contributed by atoms with Crippen LogP contribution in [0.1, 0.15) is 11.4 Å². The Hall–Kier alpha value is -2.98. The van der Waals surface area contributed by atoms with E-state index in [2.05, 4.69) is 41.7 Å². The van der Waals surface area contributed by atoms with Crippen molar-refractivity contribution >= 4 is 57.3 Å². The molecular weight excluding hydrogens is 473 g/mol. The first-order valence-electron chi connectivity index (χ1n) is 8.79. The number of nitrogens with one attached hydrogen (secondary N) is 3. The molecule has 0 spiro atoms. The van der Waals surface area contributed by atoms with Gasteiger partial charge < -0.3 is 10.6 Å². The Morgan fingerprint density at radius 3 is 2.63 bits per heavy atom. The molecule has 0 aliphatic heterocycles. The van der Waals surface area contributed by atoms with E-state index >= 15 is 0 Å². The van der Waals surface area contributed by atoms with Crippen LogP contribution < -0.4 is 10.6 Å². The van der Waals surface area contributed by atoms with Gasteiger partial charge in [-0.25, -0.2) is 9.37 Å². The van der Waals surface area contributed by atoms with Gasteiger partial charge in [-0.15, -0.1) is 5.10 Å². The first-order chi connectivity index (χ1) is 14.5. The number of hydrogen-bond donors (Lipinski definition) is 3. The molecule has 0 aliphatic carbocycles. The van der Waals surface area contributed by atoms with Crippen molar-refractivity contribution in [2.75, 3.05) is 17.6 Å². The maximum Gasteiger partial charge on any atom is 0.243 e. The topological polar surface area (TPSA) is 99.8 Å². The predicted molar refractivity (Wildman–Crippen MR) is 118 cm³/mol. The molecule has 10 heteroatoms. The van der Waals surface area contributed by atoms with E-state index in [0.29, 0.717) is 16.7 Å². The molecule has 1 heterocycles. The summed E-state index contributed by atoms with van der Waals surface area (Å²) in [4.78, 5) is 28.1. The third-order valence-corrected chi connectivity index (χ3v) is 5.25. The molecule has 0 aliphatic rings. The molecule has 0 bridgehead atoms. The van der Waals surface area contributed by atoms with E-state index < -0.39 is 0 Å². The molecule has 154 valence electrons. The number of carbonyl (C=O) groups is 2. The van der Waals surface area contributed by atoms with Crippen LogP contribution in [-0.4, -0.2) is 39.3 Å². The fourth-order valence-corrected chi connectivity index (χ4v) is 3.28. The van der Waals surface area contributed by atoms with Gasteiger partial charge in [0.05, 0.1) is 18.0 Å². The molecule has 0 saturated carbocycles. The summed E-state index contributed by atoms with van der Waals surface area (Å²) < 4.78 is 13.7. The van der Waals surface area contributed by atoms with E-state index in [-0.39, 0.29) is 29.9 Å². The summed E-state index contributed by atoms with van der Waals surface area (Å²) in [5, 5.41) is 12.4. The largest absolute Gasteiger partial charge is 0.346 e. The number of halogens is 2. The number of aromatic amines is 1. The molecule has 0 saturated heterocycles. The van der Waals surface area contributed by atoms with E-state index in [1.165, 1.54) is 12.1 Å². The highest BCUT2D eigenvalue weighted by Crippen LogP contribution is 2.20. The van der Waals surface area contributed by atoms with Crippen molar-refractivity contribution in [1.29, 1.82) is 0 Å². The molecule has 0 fully saturated rings. The third-order valence-electron chi connectivity index (χ3n) is 3.71. The van der Waals surface area contributed by atoms with E-state index in [1.807, 2.05) is 12.1 Å². The molecule has 3 N–H and O–H groups in total. The van der Waals surface area contributed by atoms with Crippen molar-refractivity contribution in [3.63, 3.8) is 0 Å². The molecular formula is C20H17BrFN5O2S. The zero-order chi connectivity index (χ0) is 21.3. The summed E-state index contributed by atoms with van der Waals surface area (Å²) in [6, 6.07) is 13.2. The van der Waals surface area contributed by atoms with Crippen LogP contribution in [0, 0.1) is 5.82 Å². The molecule has 2 amide bonds. The molecule has 0 radical (unpaired) electrons. The number of thioether (sulfide) groups is 1. The van der Waals surface area contributed by atoms with Crippen LogP contribution in [0.25, 0.3) is 12.2 Å². The van der Waals surface area contributed by atoms with Crippen LogP contribution in [0.5, 0.6) is 0 Å². The van der Waals surface area contributed by atoms with Gasteiger partial charge in [-0.05, 0) is 51.8 Å². The van der Waals surface area contributed by atoms with Gasteiger partial charge in [0.1, 0.15) is 11.6 Å². The number of nitrogens with zero attached hydrogens (tertiary/aromatic N) is 2. The van der Waals surface area contributed by atoms with Crippen molar-refractivity contribution in [1.82, 2.24) is 20.5 Å². The van der Waals surface area contributed by atoms with Crippen LogP contribution in [0.4, 0.5) is 10.1 Å². The Balaban J connectivity index is 1.41. The van der Waals surface area contributed by atoms with E-state index in [0.717, 1.165) is 21.8 Å². The fraction of sp³-hybridized carbons (Fsp3) is 0.100. The number of benzene rings is 2. The second kappa shape index (κ2) is 10.7. The lowest BCUT2D eigenvalue weighted by Gasteiger charge is -2.08. The molecule has 2 aromatic carbocycles. The standard InChI is InChI=1S/C20H17BrFN5O2S/c21-15-3-1-2-4-16(15)24-18(28)11-23-19(29)12-30-20-25-17(26-27-20)10-7-13-5-8-14(22)9-6-13/h1-10H,11-12H2,(H,23,29)(H,24,28)(H,25,26,27)/b10-7+. The summed E-state index contributed by atoms with van der Waals surface area (Å²) in [5.74, 6) is -0.354. The van der Waals surface area contributed by atoms with Gasteiger partial charge in [0.15, 0.2) is 0 Å². The number of amides is 2. The lowest BCUT2D eigenvalue weighted by atomic mass is 10.2. The molecule has 0 atom stereocenters. The Morgan fingerprint density at radius 1 is 1.10 bits per heavy atom. The zero-order valence-corrected chi connectivity index (χ0v) is 18.0. The summed E-state index contributed by atoms with van der Waals surface area (Å²) in [7, 11) is 0. The van der Waals surface area contributed by atoms with Crippen molar-refractivity contribution < 1.29 is 14.0 Å². The summed E-state index contributed by atoms with van der Waals surface area (Å²) in [5.41, 5.74) is 1.45. The van der Waals surface area contributed by atoms with E-state index in [1.54, 1.807) is 36.4 Å². The van der Waals surface area contributed by atoms with Crippen LogP contribution in [-0.2, 0) is 9.59 Å². The Kier molecular flexibility index (Phi) is 7.75. The quantitative estimate of drug-likeness (QED) is 0.418. The average molecular weight is 490 g/mol. The van der Waals surface area contributed by atoms with Crippen molar-refractivity contribution in [2.45, 2.75) is 5.16 Å². The van der Waals surface area contributed by atoms with Crippen LogP contribution in [0.3, 0.4) is 0 Å². The first kappa shape index (κ1) is 21.7. The van der Waals surface area contributed by atoms with Crippen molar-refractivity contribution in [3.8, 4) is 0 Å². The summed E-state index contributed by atoms with van der Waals surface area (Å²) in [6.45, 7) is -0.139. The number of carbonyl (C=O) groups excluding carboxylic acids is 2. The van der Waals surface area contributed by atoms with Gasteiger partial charge in [-0.2, -0.15) is 0 Å². The second-order valence-electron chi connectivity index (χ2n) is 5.98. The van der Waals surface area contributed by atoms with Gasteiger partial charge in [-0.3, -0.25) is 14.7 Å². The maximum absolute atomic E-state index is 12.9. The van der Waals surface area contributed by atoms with Gasteiger partial charge in [0, 0.05) is 4.47 Å². The number of rotatable bonds is 8. The fourth-order valence-electron chi connectivity index (χ4n) is 2.26. The van der Waals surface area contributed by atoms with E-state index in [4.69, 9.17) is 0 Å². The van der Waals surface area contributed by atoms with Gasteiger partial charge in [0.25, 0.3) is 0 Å². The first-order valence-corrected chi connectivity index (χ1v) is 10.6. The number of anilines is 1. The highest BCUT2D eigenvalue weighted by Gasteiger charge is 2.10. The molecule has 30 heavy (non-hydrogen) atoms. The highest BCUT2D eigenvalue weighted by atomic mass is 79.9. The Bertz CT molecular complexity index is 1060. The van der Waals surface area contributed by atoms with Crippen LogP contribution >= 0.6 is 27.7 Å². The smallest absolute Gasteiger partial charge is 0.243 e. The number of H-pyrrole nitrogens is 1. The monoisotopic (exact) mass is 489 g/mol. The van der Waals surface area contributed by atoms with Gasteiger partial charge in [-0.1, -0.05) is 42.1 Å². The second-order valence-corrected chi connectivity index (χ2v) is 7.78. The number of hydrogen-bond acceptors (Lipinski definition) is 5. The SMILES string of the molecule is O=C(CSc1n[nH]c(/C=C/c2ccc(F)cc2)n1)NCC(=O)Nc1ccccc1Br. The minimum Gasteiger partial charge on any atom is -0.346 e. The normalized spacial score (nSPS) is 10.9. The number of aromatic nitrogens is 3. The highest BCUT2D eigenvalue weighted by molar-refractivity contribution is 9.10. The lowest BCUT2D eigenvalue weighted by Crippen LogP contribution is -2.33. The minimum atomic E-state index is -0.327. The molecule has 3 aromatic rings. The summed E-state index contributed by atoms with van der Waals surface area (Å²) >= 11 is 4.49. The lowest BCUT2D eigenvalue weighted by molar-refractivity contribution is -0.122. The van der Waals surface area contributed by atoms with Crippen LogP contribution in [0.15, 0.2) is 58.2 Å². The van der Waals surface area contributed by atoms with Crippen molar-refractivity contribution in [2.24, 2.45) is 0 Å². The Labute approximate surface area is 184 Å². The minimum absolute atomic E-state index is 0.0707. The van der Waals surface area contributed by atoms with Crippen LogP contribution in [0.2, 0.25) is 0 Å². The molecule has 7 nitrogen and oxygen atoms in total. The molecule has 0 unspecified atom stereocenters. The third kappa shape index (κ3) is 6.82. The van der Waals surface area contributed by atoms with E-state index in [9.17, 15) is 14.0 Å². The molecule has 3 rings (SSSR count). The van der Waals surface area contributed by atoms with Gasteiger partial charge >= 0.3 is 0 Å². The van der Waals surface area contributed by atoms with Crippen molar-refractivity contribution in [3.05, 3.63) is 70.2 Å². The summed E-state index contributed by atoms with van der Waals surface area (Å²) in [6.07, 6.45) is 3.47. The average Bonchev–Trinajstić information content (AvgIpc) is 3.20. The maximum atomic E-state index is 12.9. The Morgan fingerprint density at radius 2 is 1.87 bits per heavy atom. The van der Waals surface area contributed by atoms with Gasteiger partial charge in [0.2, 0.25) is 17.0 Å².